The quantitative estimate of drug-likeness (QED) is 0.870. The van der Waals surface area contributed by atoms with Crippen LogP contribution in [0.3, 0.4) is 0 Å². The lowest BCUT2D eigenvalue weighted by Gasteiger charge is -2.12. The number of rotatable bonds is 4. The van der Waals surface area contributed by atoms with Crippen LogP contribution in [-0.2, 0) is 9.63 Å². The van der Waals surface area contributed by atoms with Crippen LogP contribution in [0, 0.1) is 5.82 Å². The van der Waals surface area contributed by atoms with Gasteiger partial charge in [0.15, 0.2) is 0 Å². The molecule has 1 aliphatic rings. The van der Waals surface area contributed by atoms with E-state index in [1.165, 1.54) is 12.1 Å². The van der Waals surface area contributed by atoms with Crippen LogP contribution in [0.15, 0.2) is 58.6 Å². The number of halogens is 1. The third kappa shape index (κ3) is 3.53. The van der Waals surface area contributed by atoms with Crippen LogP contribution in [0.1, 0.15) is 12.0 Å². The van der Waals surface area contributed by atoms with Gasteiger partial charge in [0.05, 0.1) is 11.4 Å². The predicted molar refractivity (Wildman–Crippen MR) is 89.3 cm³/mol. The Bertz CT molecular complexity index is 747. The first kappa shape index (κ1) is 15.6. The number of thioether (sulfide) groups is 1. The molecule has 1 atom stereocenters. The molecule has 1 N–H and O–H groups in total. The summed E-state index contributed by atoms with van der Waals surface area (Å²) in [4.78, 5) is 18.6. The van der Waals surface area contributed by atoms with Crippen molar-refractivity contribution in [3.8, 4) is 0 Å². The maximum absolute atomic E-state index is 13.0. The number of benzene rings is 2. The number of nitrogens with one attached hydrogen (secondary N) is 1. The molecule has 0 radical (unpaired) electrons. The summed E-state index contributed by atoms with van der Waals surface area (Å²) in [5.74, 6) is -0.552. The Labute approximate surface area is 137 Å². The summed E-state index contributed by atoms with van der Waals surface area (Å²) < 4.78 is 13.0. The molecule has 0 bridgehead atoms. The molecular weight excluding hydrogens is 315 g/mol. The van der Waals surface area contributed by atoms with Crippen molar-refractivity contribution in [1.82, 2.24) is 0 Å². The number of hydrogen-bond donors (Lipinski definition) is 1. The van der Waals surface area contributed by atoms with Crippen LogP contribution in [0.2, 0.25) is 0 Å². The fourth-order valence-electron chi connectivity index (χ4n) is 2.29. The van der Waals surface area contributed by atoms with Crippen molar-refractivity contribution in [2.75, 3.05) is 11.6 Å². The normalized spacial score (nSPS) is 16.6. The van der Waals surface area contributed by atoms with Gasteiger partial charge in [0.25, 0.3) is 5.91 Å². The summed E-state index contributed by atoms with van der Waals surface area (Å²) in [6.07, 6.45) is 1.64. The lowest BCUT2D eigenvalue weighted by Crippen LogP contribution is -2.28. The molecule has 0 spiro atoms. The molecule has 1 amide bonds. The molecular formula is C17H15FN2O2S. The maximum Gasteiger partial charge on any atom is 0.268 e. The predicted octanol–water partition coefficient (Wildman–Crippen LogP) is 3.68. The fraction of sp³-hybridized carbons (Fsp3) is 0.176. The van der Waals surface area contributed by atoms with Crippen molar-refractivity contribution in [2.45, 2.75) is 17.4 Å². The molecule has 1 aliphatic heterocycles. The van der Waals surface area contributed by atoms with Crippen LogP contribution in [-0.4, -0.2) is 24.0 Å². The van der Waals surface area contributed by atoms with Crippen molar-refractivity contribution in [2.24, 2.45) is 5.16 Å². The molecule has 0 aromatic heterocycles. The molecule has 2 aromatic rings. The van der Waals surface area contributed by atoms with E-state index >= 15 is 0 Å². The first-order valence-corrected chi connectivity index (χ1v) is 8.32. The average Bonchev–Trinajstić information content (AvgIpc) is 3.06. The molecule has 23 heavy (non-hydrogen) atoms. The number of carbonyl (C=O) groups is 1. The summed E-state index contributed by atoms with van der Waals surface area (Å²) in [5, 5.41) is 6.82. The van der Waals surface area contributed by atoms with E-state index in [1.54, 1.807) is 23.9 Å². The second-order valence-corrected chi connectivity index (χ2v) is 5.88. The smallest absolute Gasteiger partial charge is 0.268 e. The number of nitrogens with zero attached hydrogens (tertiary/aromatic N) is 1. The second-order valence-electron chi connectivity index (χ2n) is 5.03. The molecule has 2 aromatic carbocycles. The minimum absolute atomic E-state index is 0.243. The first-order valence-electron chi connectivity index (χ1n) is 7.10. The van der Waals surface area contributed by atoms with E-state index in [9.17, 15) is 9.18 Å². The highest BCUT2D eigenvalue weighted by molar-refractivity contribution is 7.98. The third-order valence-corrected chi connectivity index (χ3v) is 4.30. The number of oxime groups is 1. The van der Waals surface area contributed by atoms with E-state index in [0.29, 0.717) is 12.1 Å². The Morgan fingerprint density at radius 1 is 1.26 bits per heavy atom. The van der Waals surface area contributed by atoms with Crippen LogP contribution < -0.4 is 5.32 Å². The Kier molecular flexibility index (Phi) is 4.62. The van der Waals surface area contributed by atoms with Crippen molar-refractivity contribution in [3.63, 3.8) is 0 Å². The second kappa shape index (κ2) is 6.83. The van der Waals surface area contributed by atoms with Gasteiger partial charge in [-0.1, -0.05) is 29.4 Å². The van der Waals surface area contributed by atoms with Gasteiger partial charge < -0.3 is 10.2 Å². The van der Waals surface area contributed by atoms with E-state index in [1.807, 2.05) is 30.5 Å². The molecule has 1 unspecified atom stereocenters. The Hall–Kier alpha value is -2.34. The topological polar surface area (TPSA) is 50.7 Å². The van der Waals surface area contributed by atoms with E-state index in [2.05, 4.69) is 10.5 Å². The molecule has 0 fully saturated rings. The molecule has 3 rings (SSSR count). The van der Waals surface area contributed by atoms with Gasteiger partial charge in [-0.2, -0.15) is 0 Å². The van der Waals surface area contributed by atoms with E-state index in [-0.39, 0.29) is 11.7 Å². The van der Waals surface area contributed by atoms with Crippen LogP contribution in [0.25, 0.3) is 0 Å². The van der Waals surface area contributed by atoms with Gasteiger partial charge >= 0.3 is 0 Å². The molecule has 0 saturated heterocycles. The monoisotopic (exact) mass is 330 g/mol. The van der Waals surface area contributed by atoms with Crippen LogP contribution >= 0.6 is 11.8 Å². The molecule has 6 heteroatoms. The summed E-state index contributed by atoms with van der Waals surface area (Å²) in [7, 11) is 0. The zero-order valence-corrected chi connectivity index (χ0v) is 13.3. The minimum Gasteiger partial charge on any atom is -0.382 e. The SMILES string of the molecule is CSc1ccccc1NC(=O)C1CC(c2ccc(F)cc2)=NO1. The zero-order chi connectivity index (χ0) is 16.2. The van der Waals surface area contributed by atoms with Crippen LogP contribution in [0.5, 0.6) is 0 Å². The number of carbonyl (C=O) groups excluding carboxylic acids is 1. The van der Waals surface area contributed by atoms with Gasteiger partial charge in [-0.25, -0.2) is 4.39 Å². The lowest BCUT2D eigenvalue weighted by atomic mass is 10.0. The van der Waals surface area contributed by atoms with E-state index in [0.717, 1.165) is 16.1 Å². The first-order chi connectivity index (χ1) is 11.2. The van der Waals surface area contributed by atoms with Crippen molar-refractivity contribution in [1.29, 1.82) is 0 Å². The summed E-state index contributed by atoms with van der Waals surface area (Å²) in [6.45, 7) is 0. The van der Waals surface area contributed by atoms with Gasteiger partial charge in [0.1, 0.15) is 5.82 Å². The highest BCUT2D eigenvalue weighted by Crippen LogP contribution is 2.26. The number of amides is 1. The number of anilines is 1. The third-order valence-electron chi connectivity index (χ3n) is 3.50. The Morgan fingerprint density at radius 3 is 2.74 bits per heavy atom. The summed E-state index contributed by atoms with van der Waals surface area (Å²) in [5.41, 5.74) is 2.15. The van der Waals surface area contributed by atoms with E-state index < -0.39 is 6.10 Å². The standard InChI is InChI=1S/C17H15FN2O2S/c1-23-16-5-3-2-4-13(16)19-17(21)15-10-14(20-22-15)11-6-8-12(18)9-7-11/h2-9,15H,10H2,1H3,(H,19,21). The Morgan fingerprint density at radius 2 is 2.00 bits per heavy atom. The molecule has 0 saturated carbocycles. The largest absolute Gasteiger partial charge is 0.382 e. The van der Waals surface area contributed by atoms with Crippen molar-refractivity contribution < 1.29 is 14.0 Å². The average molecular weight is 330 g/mol. The molecule has 4 nitrogen and oxygen atoms in total. The van der Waals surface area contributed by atoms with Gasteiger partial charge in [-0.15, -0.1) is 11.8 Å². The molecule has 0 aliphatic carbocycles. The maximum atomic E-state index is 13.0. The highest BCUT2D eigenvalue weighted by Gasteiger charge is 2.29. The number of para-hydroxylation sites is 1. The summed E-state index contributed by atoms with van der Waals surface area (Å²) >= 11 is 1.56. The van der Waals surface area contributed by atoms with Crippen LogP contribution in [0.4, 0.5) is 10.1 Å². The van der Waals surface area contributed by atoms with Crippen molar-refractivity contribution in [3.05, 3.63) is 59.9 Å². The van der Waals surface area contributed by atoms with E-state index in [4.69, 9.17) is 4.84 Å². The van der Waals surface area contributed by atoms with Gasteiger partial charge in [-0.3, -0.25) is 4.79 Å². The minimum atomic E-state index is -0.676. The van der Waals surface area contributed by atoms with Gasteiger partial charge in [0, 0.05) is 11.3 Å². The van der Waals surface area contributed by atoms with Gasteiger partial charge in [0.2, 0.25) is 6.10 Å². The summed E-state index contributed by atoms with van der Waals surface area (Å²) in [6, 6.07) is 13.5. The van der Waals surface area contributed by atoms with Crippen molar-refractivity contribution >= 4 is 29.1 Å². The molecule has 1 heterocycles. The highest BCUT2D eigenvalue weighted by atomic mass is 32.2. The van der Waals surface area contributed by atoms with Gasteiger partial charge in [-0.05, 0) is 36.1 Å². The Balaban J connectivity index is 1.65. The zero-order valence-electron chi connectivity index (χ0n) is 12.5. The molecule has 118 valence electrons. The fourth-order valence-corrected chi connectivity index (χ4v) is 2.85. The number of hydrogen-bond acceptors (Lipinski definition) is 4. The lowest BCUT2D eigenvalue weighted by molar-refractivity contribution is -0.125.